The van der Waals surface area contributed by atoms with Gasteiger partial charge in [0.15, 0.2) is 0 Å². The summed E-state index contributed by atoms with van der Waals surface area (Å²) >= 11 is 1.75. The first-order valence-corrected chi connectivity index (χ1v) is 9.03. The quantitative estimate of drug-likeness (QED) is 0.847. The summed E-state index contributed by atoms with van der Waals surface area (Å²) in [6.07, 6.45) is 4.67. The lowest BCUT2D eigenvalue weighted by Gasteiger charge is -2.24. The van der Waals surface area contributed by atoms with Crippen molar-refractivity contribution in [2.75, 3.05) is 12.8 Å². The van der Waals surface area contributed by atoms with E-state index in [9.17, 15) is 4.79 Å². The number of hydrogen-bond acceptors (Lipinski definition) is 3. The van der Waals surface area contributed by atoms with Crippen LogP contribution in [0, 0.1) is 11.8 Å². The number of thioether (sulfide) groups is 1. The van der Waals surface area contributed by atoms with Gasteiger partial charge in [0.05, 0.1) is 6.04 Å². The smallest absolute Gasteiger partial charge is 0.241 e. The van der Waals surface area contributed by atoms with Crippen molar-refractivity contribution in [3.05, 3.63) is 29.8 Å². The zero-order chi connectivity index (χ0) is 15.0. The Kier molecular flexibility index (Phi) is 4.27. The molecule has 2 aliphatic rings. The molecule has 114 valence electrons. The molecule has 1 heterocycles. The predicted molar refractivity (Wildman–Crippen MR) is 87.2 cm³/mol. The van der Waals surface area contributed by atoms with E-state index < -0.39 is 0 Å². The first-order chi connectivity index (χ1) is 10.1. The van der Waals surface area contributed by atoms with E-state index in [0.29, 0.717) is 5.92 Å². The molecule has 1 aliphatic carbocycles. The lowest BCUT2D eigenvalue weighted by Crippen LogP contribution is -2.35. The minimum atomic E-state index is -0.0472. The molecule has 1 saturated carbocycles. The van der Waals surface area contributed by atoms with Crippen molar-refractivity contribution in [1.29, 1.82) is 0 Å². The molecule has 21 heavy (non-hydrogen) atoms. The lowest BCUT2D eigenvalue weighted by atomic mass is 10.1. The van der Waals surface area contributed by atoms with E-state index in [2.05, 4.69) is 54.6 Å². The normalized spacial score (nSPS) is 25.9. The Morgan fingerprint density at radius 1 is 1.29 bits per heavy atom. The van der Waals surface area contributed by atoms with E-state index in [1.54, 1.807) is 11.8 Å². The maximum absolute atomic E-state index is 12.7. The molecule has 0 aromatic heterocycles. The van der Waals surface area contributed by atoms with E-state index in [1.807, 2.05) is 0 Å². The Morgan fingerprint density at radius 3 is 2.48 bits per heavy atom. The van der Waals surface area contributed by atoms with Crippen LogP contribution in [0.2, 0.25) is 0 Å². The molecule has 2 atom stereocenters. The molecule has 2 fully saturated rings. The van der Waals surface area contributed by atoms with Crippen LogP contribution in [0.4, 0.5) is 0 Å². The number of benzene rings is 1. The number of nitrogens with zero attached hydrogens (tertiary/aromatic N) is 1. The van der Waals surface area contributed by atoms with Crippen molar-refractivity contribution < 1.29 is 4.79 Å². The van der Waals surface area contributed by atoms with Gasteiger partial charge in [-0.2, -0.15) is 0 Å². The zero-order valence-electron chi connectivity index (χ0n) is 13.0. The monoisotopic (exact) mass is 304 g/mol. The molecule has 0 bridgehead atoms. The van der Waals surface area contributed by atoms with Crippen LogP contribution in [-0.4, -0.2) is 29.6 Å². The predicted octanol–water partition coefficient (Wildman–Crippen LogP) is 3.27. The Labute approximate surface area is 131 Å². The van der Waals surface area contributed by atoms with Gasteiger partial charge >= 0.3 is 0 Å². The van der Waals surface area contributed by atoms with Crippen LogP contribution in [0.3, 0.4) is 0 Å². The highest BCUT2D eigenvalue weighted by atomic mass is 32.2. The van der Waals surface area contributed by atoms with Crippen LogP contribution in [0.5, 0.6) is 0 Å². The minimum absolute atomic E-state index is 0.0430. The molecule has 0 spiro atoms. The number of rotatable bonds is 5. The molecular weight excluding hydrogens is 280 g/mol. The van der Waals surface area contributed by atoms with Gasteiger partial charge in [0, 0.05) is 11.4 Å². The van der Waals surface area contributed by atoms with Gasteiger partial charge in [-0.05, 0) is 48.6 Å². The van der Waals surface area contributed by atoms with Crippen molar-refractivity contribution in [2.45, 2.75) is 43.8 Å². The van der Waals surface area contributed by atoms with Crippen LogP contribution in [-0.2, 0) is 4.79 Å². The lowest BCUT2D eigenvalue weighted by molar-refractivity contribution is -0.131. The van der Waals surface area contributed by atoms with Crippen LogP contribution >= 0.6 is 11.8 Å². The number of amides is 1. The molecule has 4 heteroatoms. The highest BCUT2D eigenvalue weighted by Crippen LogP contribution is 2.36. The molecule has 1 aromatic carbocycles. The summed E-state index contributed by atoms with van der Waals surface area (Å²) in [6.45, 7) is 5.14. The summed E-state index contributed by atoms with van der Waals surface area (Å²) in [4.78, 5) is 16.0. The third kappa shape index (κ3) is 3.11. The van der Waals surface area contributed by atoms with Crippen LogP contribution < -0.4 is 5.32 Å². The second-order valence-corrected chi connectivity index (χ2v) is 7.38. The van der Waals surface area contributed by atoms with E-state index in [1.165, 1.54) is 23.3 Å². The maximum Gasteiger partial charge on any atom is 0.241 e. The van der Waals surface area contributed by atoms with Crippen LogP contribution in [0.1, 0.15) is 38.4 Å². The second kappa shape index (κ2) is 6.01. The largest absolute Gasteiger partial charge is 0.321 e. The van der Waals surface area contributed by atoms with Gasteiger partial charge in [0.1, 0.15) is 6.17 Å². The van der Waals surface area contributed by atoms with Gasteiger partial charge in [-0.15, -0.1) is 11.8 Å². The standard InChI is InChI=1S/C17H24N2OS/c1-11(2)15-17(20)19(10-12-4-5-12)16(18-15)13-6-8-14(21-3)9-7-13/h6-9,11-12,15-16,18H,4-5,10H2,1-3H3. The van der Waals surface area contributed by atoms with Crippen molar-refractivity contribution in [3.8, 4) is 0 Å². The fourth-order valence-electron chi connectivity index (χ4n) is 2.95. The van der Waals surface area contributed by atoms with E-state index in [0.717, 1.165) is 12.5 Å². The fourth-order valence-corrected chi connectivity index (χ4v) is 3.36. The number of hydrogen-bond donors (Lipinski definition) is 1. The summed E-state index contributed by atoms with van der Waals surface area (Å²) in [5.74, 6) is 1.32. The van der Waals surface area contributed by atoms with Gasteiger partial charge < -0.3 is 4.90 Å². The van der Waals surface area contributed by atoms with Crippen molar-refractivity contribution >= 4 is 17.7 Å². The van der Waals surface area contributed by atoms with E-state index in [-0.39, 0.29) is 18.1 Å². The van der Waals surface area contributed by atoms with Crippen LogP contribution in [0.15, 0.2) is 29.2 Å². The molecular formula is C17H24N2OS. The number of carbonyl (C=O) groups excluding carboxylic acids is 1. The summed E-state index contributed by atoms with van der Waals surface area (Å²) in [6, 6.07) is 8.54. The Balaban J connectivity index is 1.83. The molecule has 0 radical (unpaired) electrons. The molecule has 1 saturated heterocycles. The second-order valence-electron chi connectivity index (χ2n) is 6.50. The minimum Gasteiger partial charge on any atom is -0.321 e. The van der Waals surface area contributed by atoms with Crippen LogP contribution in [0.25, 0.3) is 0 Å². The van der Waals surface area contributed by atoms with Gasteiger partial charge in [-0.25, -0.2) is 0 Å². The number of nitrogens with one attached hydrogen (secondary N) is 1. The molecule has 1 amide bonds. The topological polar surface area (TPSA) is 32.3 Å². The molecule has 2 unspecified atom stereocenters. The third-order valence-corrected chi connectivity index (χ3v) is 5.19. The summed E-state index contributed by atoms with van der Waals surface area (Å²) in [5.41, 5.74) is 1.20. The Morgan fingerprint density at radius 2 is 1.95 bits per heavy atom. The summed E-state index contributed by atoms with van der Waals surface area (Å²) < 4.78 is 0. The summed E-state index contributed by atoms with van der Waals surface area (Å²) in [5, 5.41) is 3.55. The molecule has 1 aromatic rings. The first-order valence-electron chi connectivity index (χ1n) is 7.80. The SMILES string of the molecule is CSc1ccc(C2NC(C(C)C)C(=O)N2CC2CC2)cc1. The average Bonchev–Trinajstić information content (AvgIpc) is 3.24. The van der Waals surface area contributed by atoms with Gasteiger partial charge in [0.2, 0.25) is 5.91 Å². The van der Waals surface area contributed by atoms with Crippen molar-refractivity contribution in [2.24, 2.45) is 11.8 Å². The summed E-state index contributed by atoms with van der Waals surface area (Å²) in [7, 11) is 0. The zero-order valence-corrected chi connectivity index (χ0v) is 13.8. The molecule has 3 rings (SSSR count). The van der Waals surface area contributed by atoms with Gasteiger partial charge in [-0.3, -0.25) is 10.1 Å². The molecule has 3 nitrogen and oxygen atoms in total. The fraction of sp³-hybridized carbons (Fsp3) is 0.588. The van der Waals surface area contributed by atoms with Crippen molar-refractivity contribution in [1.82, 2.24) is 10.2 Å². The first kappa shape index (κ1) is 14.9. The average molecular weight is 304 g/mol. The maximum atomic E-state index is 12.7. The Bertz CT molecular complexity index is 510. The van der Waals surface area contributed by atoms with Gasteiger partial charge in [-0.1, -0.05) is 26.0 Å². The highest BCUT2D eigenvalue weighted by molar-refractivity contribution is 7.98. The molecule has 1 aliphatic heterocycles. The van der Waals surface area contributed by atoms with Gasteiger partial charge in [0.25, 0.3) is 0 Å². The molecule has 1 N–H and O–H groups in total. The highest BCUT2D eigenvalue weighted by Gasteiger charge is 2.42. The van der Waals surface area contributed by atoms with E-state index >= 15 is 0 Å². The third-order valence-electron chi connectivity index (χ3n) is 4.45. The van der Waals surface area contributed by atoms with Crippen molar-refractivity contribution in [3.63, 3.8) is 0 Å². The van der Waals surface area contributed by atoms with E-state index in [4.69, 9.17) is 0 Å². The number of carbonyl (C=O) groups is 1. The Hall–Kier alpha value is -1.00.